The highest BCUT2D eigenvalue weighted by molar-refractivity contribution is 4.99. The number of nitrogens with one attached hydrogen (secondary N) is 1. The molecule has 1 saturated carbocycles. The lowest BCUT2D eigenvalue weighted by molar-refractivity contribution is -0.971. The minimum absolute atomic E-state index is 0.0957. The van der Waals surface area contributed by atoms with Crippen LogP contribution in [-0.4, -0.2) is 62.6 Å². The van der Waals surface area contributed by atoms with Gasteiger partial charge < -0.3 is 24.2 Å². The van der Waals surface area contributed by atoms with Crippen molar-refractivity contribution in [1.82, 2.24) is 0 Å². The van der Waals surface area contributed by atoms with Crippen LogP contribution in [0.5, 0.6) is 0 Å². The molecule has 7 unspecified atom stereocenters. The van der Waals surface area contributed by atoms with Gasteiger partial charge in [-0.15, -0.1) is 0 Å². The van der Waals surface area contributed by atoms with Crippen molar-refractivity contribution in [3.8, 4) is 0 Å². The first kappa shape index (κ1) is 16.7. The first-order valence-corrected chi connectivity index (χ1v) is 8.65. The average molecular weight is 314 g/mol. The van der Waals surface area contributed by atoms with Gasteiger partial charge in [-0.2, -0.15) is 0 Å². The molecule has 5 nitrogen and oxygen atoms in total. The predicted molar refractivity (Wildman–Crippen MR) is 82.7 cm³/mol. The largest absolute Gasteiger partial charge is 0.388 e. The maximum atomic E-state index is 10.4. The van der Waals surface area contributed by atoms with E-state index in [1.54, 1.807) is 0 Å². The summed E-state index contributed by atoms with van der Waals surface area (Å²) < 4.78 is 18.0. The Bertz CT molecular complexity index is 397. The van der Waals surface area contributed by atoms with Crippen molar-refractivity contribution in [2.45, 2.75) is 75.7 Å². The molecular weight excluding hydrogens is 282 g/mol. The summed E-state index contributed by atoms with van der Waals surface area (Å²) in [7, 11) is 5.88. The summed E-state index contributed by atoms with van der Waals surface area (Å²) in [6.45, 7) is 3.69. The minimum Gasteiger partial charge on any atom is -0.388 e. The van der Waals surface area contributed by atoms with E-state index in [9.17, 15) is 5.11 Å². The average Bonchev–Trinajstić information content (AvgIpc) is 2.92. The fourth-order valence-electron chi connectivity index (χ4n) is 5.22. The molecule has 0 aromatic rings. The molecule has 0 aromatic heterocycles. The third kappa shape index (κ3) is 2.61. The number of aliphatic hydroxyl groups is 1. The van der Waals surface area contributed by atoms with Crippen molar-refractivity contribution in [3.05, 3.63) is 0 Å². The van der Waals surface area contributed by atoms with Gasteiger partial charge in [-0.1, -0.05) is 6.42 Å². The first-order valence-electron chi connectivity index (χ1n) is 8.65. The van der Waals surface area contributed by atoms with Crippen molar-refractivity contribution in [2.75, 3.05) is 21.3 Å². The van der Waals surface area contributed by atoms with Gasteiger partial charge in [-0.05, 0) is 33.1 Å². The summed E-state index contributed by atoms with van der Waals surface area (Å²) in [4.78, 5) is 1.40. The fraction of sp³-hybridized carbons (Fsp3) is 1.00. The Morgan fingerprint density at radius 1 is 1.14 bits per heavy atom. The lowest BCUT2D eigenvalue weighted by Crippen LogP contribution is -3.21. The Morgan fingerprint density at radius 2 is 1.86 bits per heavy atom. The molecule has 2 N–H and O–H groups in total. The van der Waals surface area contributed by atoms with E-state index in [4.69, 9.17) is 14.2 Å². The molecule has 2 aliphatic heterocycles. The SMILES string of the molecule is COC1CCCC2C(OC)C3C[C@@H](C(C)(C)O)OC3[NH+](C)C12. The normalized spacial score (nSPS) is 48.8. The molecule has 2 saturated heterocycles. The lowest BCUT2D eigenvalue weighted by atomic mass is 9.70. The Balaban J connectivity index is 1.88. The van der Waals surface area contributed by atoms with Crippen LogP contribution in [0.2, 0.25) is 0 Å². The summed E-state index contributed by atoms with van der Waals surface area (Å²) >= 11 is 0. The van der Waals surface area contributed by atoms with Crippen LogP contribution >= 0.6 is 0 Å². The van der Waals surface area contributed by atoms with E-state index in [-0.39, 0.29) is 24.5 Å². The molecule has 8 atom stereocenters. The highest BCUT2D eigenvalue weighted by Crippen LogP contribution is 2.42. The summed E-state index contributed by atoms with van der Waals surface area (Å²) in [5.41, 5.74) is -0.804. The number of piperidine rings is 1. The molecule has 2 heterocycles. The molecule has 3 aliphatic rings. The van der Waals surface area contributed by atoms with Crippen molar-refractivity contribution in [1.29, 1.82) is 0 Å². The molecule has 0 spiro atoms. The second kappa shape index (κ2) is 6.02. The monoisotopic (exact) mass is 314 g/mol. The highest BCUT2D eigenvalue weighted by Gasteiger charge is 2.60. The molecule has 22 heavy (non-hydrogen) atoms. The summed E-state index contributed by atoms with van der Waals surface area (Å²) in [5, 5.41) is 10.4. The summed E-state index contributed by atoms with van der Waals surface area (Å²) in [6.07, 6.45) is 4.89. The van der Waals surface area contributed by atoms with Gasteiger partial charge in [0, 0.05) is 20.1 Å². The summed E-state index contributed by atoms with van der Waals surface area (Å²) in [5.74, 6) is 0.882. The number of ether oxygens (including phenoxy) is 3. The molecule has 0 radical (unpaired) electrons. The Morgan fingerprint density at radius 3 is 2.45 bits per heavy atom. The fourth-order valence-corrected chi connectivity index (χ4v) is 5.22. The van der Waals surface area contributed by atoms with Gasteiger partial charge in [0.05, 0.1) is 30.8 Å². The van der Waals surface area contributed by atoms with E-state index in [1.165, 1.54) is 17.7 Å². The molecular formula is C17H32NO4+. The van der Waals surface area contributed by atoms with Crippen LogP contribution in [0.4, 0.5) is 0 Å². The minimum atomic E-state index is -0.804. The molecule has 1 aliphatic carbocycles. The van der Waals surface area contributed by atoms with Crippen molar-refractivity contribution in [3.63, 3.8) is 0 Å². The van der Waals surface area contributed by atoms with Crippen LogP contribution in [0.25, 0.3) is 0 Å². The third-order valence-electron chi connectivity index (χ3n) is 6.26. The van der Waals surface area contributed by atoms with Crippen LogP contribution in [-0.2, 0) is 14.2 Å². The van der Waals surface area contributed by atoms with E-state index >= 15 is 0 Å². The second-order valence-corrected chi connectivity index (χ2v) is 7.94. The number of fused-ring (bicyclic) bond motifs is 2. The van der Waals surface area contributed by atoms with E-state index in [0.29, 0.717) is 17.9 Å². The third-order valence-corrected chi connectivity index (χ3v) is 6.26. The zero-order chi connectivity index (χ0) is 16.1. The first-order chi connectivity index (χ1) is 10.4. The number of quaternary nitrogens is 1. The number of likely N-dealkylation sites (tertiary alicyclic amines) is 1. The number of hydrogen-bond acceptors (Lipinski definition) is 4. The number of hydrogen-bond donors (Lipinski definition) is 2. The van der Waals surface area contributed by atoms with Crippen LogP contribution in [0.3, 0.4) is 0 Å². The van der Waals surface area contributed by atoms with Crippen LogP contribution < -0.4 is 4.90 Å². The zero-order valence-electron chi connectivity index (χ0n) is 14.5. The second-order valence-electron chi connectivity index (χ2n) is 7.94. The quantitative estimate of drug-likeness (QED) is 0.782. The molecule has 0 bridgehead atoms. The zero-order valence-corrected chi connectivity index (χ0v) is 14.5. The predicted octanol–water partition coefficient (Wildman–Crippen LogP) is 0.216. The molecule has 3 rings (SSSR count). The van der Waals surface area contributed by atoms with Gasteiger partial charge in [0.15, 0.2) is 6.23 Å². The Kier molecular flexibility index (Phi) is 4.56. The van der Waals surface area contributed by atoms with E-state index in [0.717, 1.165) is 12.8 Å². The van der Waals surface area contributed by atoms with Crippen LogP contribution in [0, 0.1) is 11.8 Å². The van der Waals surface area contributed by atoms with E-state index in [2.05, 4.69) is 7.05 Å². The van der Waals surface area contributed by atoms with Crippen molar-refractivity contribution in [2.24, 2.45) is 11.8 Å². The summed E-state index contributed by atoms with van der Waals surface area (Å²) in [6, 6.07) is 0.422. The van der Waals surface area contributed by atoms with Gasteiger partial charge in [-0.25, -0.2) is 0 Å². The molecule has 3 fully saturated rings. The number of rotatable bonds is 3. The molecule has 128 valence electrons. The number of likely N-dealkylation sites (N-methyl/N-ethyl adjacent to an activating group) is 1. The van der Waals surface area contributed by atoms with Gasteiger partial charge in [0.2, 0.25) is 0 Å². The van der Waals surface area contributed by atoms with Crippen LogP contribution in [0.15, 0.2) is 0 Å². The topological polar surface area (TPSA) is 52.4 Å². The maximum Gasteiger partial charge on any atom is 0.197 e. The molecule has 5 heteroatoms. The Hall–Kier alpha value is -0.200. The van der Waals surface area contributed by atoms with E-state index < -0.39 is 5.60 Å². The maximum absolute atomic E-state index is 10.4. The van der Waals surface area contributed by atoms with Gasteiger partial charge in [0.1, 0.15) is 12.1 Å². The van der Waals surface area contributed by atoms with Crippen LogP contribution in [0.1, 0.15) is 39.5 Å². The van der Waals surface area contributed by atoms with Gasteiger partial charge in [0.25, 0.3) is 0 Å². The number of methoxy groups -OCH3 is 2. The van der Waals surface area contributed by atoms with Gasteiger partial charge in [-0.3, -0.25) is 0 Å². The molecule has 0 amide bonds. The highest BCUT2D eigenvalue weighted by atomic mass is 16.5. The standard InChI is InChI=1S/C17H31NO4/c1-17(2,19)13-9-11-15(21-5)10-7-6-8-12(20-4)14(10)18(3)16(11)22-13/h10-16,19H,6-9H2,1-5H3/p+1/t10?,11?,12?,13-,14?,15?,16?/m0/s1. The Labute approximate surface area is 133 Å². The lowest BCUT2D eigenvalue weighted by Gasteiger charge is -2.50. The smallest absolute Gasteiger partial charge is 0.197 e. The van der Waals surface area contributed by atoms with Crippen molar-refractivity contribution >= 4 is 0 Å². The van der Waals surface area contributed by atoms with Gasteiger partial charge >= 0.3 is 0 Å². The van der Waals surface area contributed by atoms with E-state index in [1.807, 2.05) is 28.1 Å². The van der Waals surface area contributed by atoms with Crippen molar-refractivity contribution < 1.29 is 24.2 Å². The molecule has 0 aromatic carbocycles.